The van der Waals surface area contributed by atoms with Crippen molar-refractivity contribution in [2.45, 2.75) is 65.2 Å². The summed E-state index contributed by atoms with van der Waals surface area (Å²) < 4.78 is 27.9. The molecule has 2 bridgehead atoms. The molecule has 7 heteroatoms. The summed E-state index contributed by atoms with van der Waals surface area (Å²) in [6.07, 6.45) is 7.54. The molecule has 0 aromatic heterocycles. The number of hydrogen-bond acceptors (Lipinski definition) is 4. The SMILES string of the molecule is CC1(C)C2CCC1(CS(=O)(=O)N1CCN(C(=O)CC3CCCC3)CC1)C(=O)C2. The molecule has 1 heterocycles. The number of amides is 1. The molecule has 3 aliphatic carbocycles. The lowest BCUT2D eigenvalue weighted by Gasteiger charge is -2.39. The normalized spacial score (nSPS) is 33.7. The highest BCUT2D eigenvalue weighted by Crippen LogP contribution is 2.64. The number of nitrogens with zero attached hydrogens (tertiary/aromatic N) is 2. The van der Waals surface area contributed by atoms with Crippen molar-refractivity contribution in [3.8, 4) is 0 Å². The summed E-state index contributed by atoms with van der Waals surface area (Å²) in [5.74, 6) is 1.09. The van der Waals surface area contributed by atoms with Crippen molar-refractivity contribution in [3.63, 3.8) is 0 Å². The van der Waals surface area contributed by atoms with Crippen molar-refractivity contribution in [2.75, 3.05) is 31.9 Å². The summed E-state index contributed by atoms with van der Waals surface area (Å²) >= 11 is 0. The molecule has 6 nitrogen and oxygen atoms in total. The Hall–Kier alpha value is -0.950. The minimum Gasteiger partial charge on any atom is -0.340 e. The summed E-state index contributed by atoms with van der Waals surface area (Å²) in [4.78, 5) is 27.1. The van der Waals surface area contributed by atoms with Crippen molar-refractivity contribution < 1.29 is 18.0 Å². The molecule has 0 radical (unpaired) electrons. The molecule has 0 N–H and O–H groups in total. The molecule has 1 aliphatic heterocycles. The van der Waals surface area contributed by atoms with E-state index in [1.165, 1.54) is 17.1 Å². The molecule has 28 heavy (non-hydrogen) atoms. The fraction of sp³-hybridized carbons (Fsp3) is 0.905. The van der Waals surface area contributed by atoms with Gasteiger partial charge in [0.25, 0.3) is 0 Å². The van der Waals surface area contributed by atoms with Crippen molar-refractivity contribution in [2.24, 2.45) is 22.7 Å². The van der Waals surface area contributed by atoms with E-state index in [4.69, 9.17) is 0 Å². The van der Waals surface area contributed by atoms with Gasteiger partial charge >= 0.3 is 0 Å². The fourth-order valence-corrected chi connectivity index (χ4v) is 8.52. The number of sulfonamides is 1. The fourth-order valence-electron chi connectivity index (χ4n) is 6.32. The van der Waals surface area contributed by atoms with Crippen LogP contribution >= 0.6 is 0 Å². The van der Waals surface area contributed by atoms with Crippen LogP contribution in [0.2, 0.25) is 0 Å². The van der Waals surface area contributed by atoms with E-state index in [0.29, 0.717) is 57.3 Å². The Labute approximate surface area is 169 Å². The first kappa shape index (κ1) is 20.3. The molecule has 4 fully saturated rings. The van der Waals surface area contributed by atoms with E-state index in [2.05, 4.69) is 13.8 Å². The predicted molar refractivity (Wildman–Crippen MR) is 107 cm³/mol. The Kier molecular flexibility index (Phi) is 5.14. The molecule has 2 unspecified atom stereocenters. The van der Waals surface area contributed by atoms with Crippen LogP contribution in [0, 0.1) is 22.7 Å². The molecule has 158 valence electrons. The van der Waals surface area contributed by atoms with Crippen LogP contribution in [0.5, 0.6) is 0 Å². The molecule has 4 rings (SSSR count). The number of rotatable bonds is 5. The maximum Gasteiger partial charge on any atom is 0.222 e. The van der Waals surface area contributed by atoms with Crippen LogP contribution in [0.4, 0.5) is 0 Å². The first-order valence-electron chi connectivity index (χ1n) is 10.9. The molecule has 1 amide bonds. The van der Waals surface area contributed by atoms with Gasteiger partial charge in [0.2, 0.25) is 15.9 Å². The van der Waals surface area contributed by atoms with E-state index in [0.717, 1.165) is 19.3 Å². The lowest BCUT2D eigenvalue weighted by atomic mass is 9.70. The molecule has 1 saturated heterocycles. The van der Waals surface area contributed by atoms with Crippen molar-refractivity contribution in [3.05, 3.63) is 0 Å². The van der Waals surface area contributed by atoms with Crippen molar-refractivity contribution >= 4 is 21.7 Å². The zero-order valence-corrected chi connectivity index (χ0v) is 18.1. The topological polar surface area (TPSA) is 74.8 Å². The second-order valence-corrected chi connectivity index (χ2v) is 12.0. The standard InChI is InChI=1S/C21H34N2O4S/c1-20(2)17-7-8-21(20,18(24)14-17)15-28(26,27)23-11-9-22(10-12-23)19(25)13-16-5-3-4-6-16/h16-17H,3-15H2,1-2H3. The van der Waals surface area contributed by atoms with Crippen LogP contribution in [0.15, 0.2) is 0 Å². The number of piperazine rings is 1. The highest BCUT2D eigenvalue weighted by molar-refractivity contribution is 7.89. The maximum atomic E-state index is 13.2. The number of carbonyl (C=O) groups is 2. The van der Waals surface area contributed by atoms with E-state index in [-0.39, 0.29) is 22.9 Å². The minimum absolute atomic E-state index is 0.0572. The second kappa shape index (κ2) is 7.08. The first-order chi connectivity index (χ1) is 13.2. The maximum absolute atomic E-state index is 13.2. The lowest BCUT2D eigenvalue weighted by molar-refractivity contribution is -0.133. The first-order valence-corrected chi connectivity index (χ1v) is 12.6. The number of hydrogen-bond donors (Lipinski definition) is 0. The number of Topliss-reactive ketones (excluding diaryl/α,β-unsaturated/α-hetero) is 1. The monoisotopic (exact) mass is 410 g/mol. The van der Waals surface area contributed by atoms with Crippen LogP contribution in [0.1, 0.15) is 65.2 Å². The van der Waals surface area contributed by atoms with Gasteiger partial charge in [0, 0.05) is 44.4 Å². The number of fused-ring (bicyclic) bond motifs is 2. The average molecular weight is 411 g/mol. The lowest BCUT2D eigenvalue weighted by Crippen LogP contribution is -2.53. The number of carbonyl (C=O) groups excluding carboxylic acids is 2. The van der Waals surface area contributed by atoms with Gasteiger partial charge in [-0.05, 0) is 42.9 Å². The highest BCUT2D eigenvalue weighted by atomic mass is 32.2. The van der Waals surface area contributed by atoms with E-state index in [9.17, 15) is 18.0 Å². The van der Waals surface area contributed by atoms with Gasteiger partial charge in [0.05, 0.1) is 5.75 Å². The molecule has 3 saturated carbocycles. The van der Waals surface area contributed by atoms with E-state index in [1.54, 1.807) is 0 Å². The van der Waals surface area contributed by atoms with E-state index < -0.39 is 15.4 Å². The quantitative estimate of drug-likeness (QED) is 0.698. The third-order valence-corrected chi connectivity index (χ3v) is 10.5. The Morgan fingerprint density at radius 1 is 1.07 bits per heavy atom. The molecular weight excluding hydrogens is 376 g/mol. The number of ketones is 1. The molecule has 0 aromatic carbocycles. The largest absolute Gasteiger partial charge is 0.340 e. The predicted octanol–water partition coefficient (Wildman–Crippen LogP) is 2.44. The van der Waals surface area contributed by atoms with Crippen LogP contribution < -0.4 is 0 Å². The third kappa shape index (κ3) is 3.22. The summed E-state index contributed by atoms with van der Waals surface area (Å²) in [5.41, 5.74) is -0.956. The van der Waals surface area contributed by atoms with Crippen molar-refractivity contribution in [1.29, 1.82) is 0 Å². The van der Waals surface area contributed by atoms with E-state index in [1.807, 2.05) is 4.90 Å². The Bertz CT molecular complexity index is 748. The van der Waals surface area contributed by atoms with Gasteiger partial charge in [-0.2, -0.15) is 4.31 Å². The smallest absolute Gasteiger partial charge is 0.222 e. The summed E-state index contributed by atoms with van der Waals surface area (Å²) in [6, 6.07) is 0. The summed E-state index contributed by atoms with van der Waals surface area (Å²) in [6.45, 7) is 5.80. The van der Waals surface area contributed by atoms with Gasteiger partial charge in [-0.15, -0.1) is 0 Å². The van der Waals surface area contributed by atoms with Crippen LogP contribution in [0.3, 0.4) is 0 Å². The van der Waals surface area contributed by atoms with Gasteiger partial charge in [-0.25, -0.2) is 8.42 Å². The van der Waals surface area contributed by atoms with Gasteiger partial charge in [0.1, 0.15) is 5.78 Å². The second-order valence-electron chi connectivity index (χ2n) is 10.1. The summed E-state index contributed by atoms with van der Waals surface area (Å²) in [7, 11) is -3.51. The Morgan fingerprint density at radius 2 is 1.71 bits per heavy atom. The van der Waals surface area contributed by atoms with Crippen molar-refractivity contribution in [1.82, 2.24) is 9.21 Å². The minimum atomic E-state index is -3.51. The van der Waals surface area contributed by atoms with Gasteiger partial charge in [-0.3, -0.25) is 9.59 Å². The van der Waals surface area contributed by atoms with Gasteiger partial charge in [-0.1, -0.05) is 26.7 Å². The summed E-state index contributed by atoms with van der Waals surface area (Å²) in [5, 5.41) is 0. The Balaban J connectivity index is 1.37. The molecule has 0 spiro atoms. The average Bonchev–Trinajstić information content (AvgIpc) is 3.28. The zero-order chi connectivity index (χ0) is 20.2. The van der Waals surface area contributed by atoms with Crippen LogP contribution in [0.25, 0.3) is 0 Å². The van der Waals surface area contributed by atoms with Crippen LogP contribution in [-0.2, 0) is 19.6 Å². The third-order valence-electron chi connectivity index (χ3n) is 8.49. The molecule has 4 aliphatic rings. The van der Waals surface area contributed by atoms with Gasteiger partial charge < -0.3 is 4.90 Å². The molecular formula is C21H34N2O4S. The molecule has 0 aromatic rings. The Morgan fingerprint density at radius 3 is 2.25 bits per heavy atom. The van der Waals surface area contributed by atoms with Gasteiger partial charge in [0.15, 0.2) is 0 Å². The highest BCUT2D eigenvalue weighted by Gasteiger charge is 2.65. The zero-order valence-electron chi connectivity index (χ0n) is 17.3. The molecule has 2 atom stereocenters. The van der Waals surface area contributed by atoms with E-state index >= 15 is 0 Å². The van der Waals surface area contributed by atoms with Crippen LogP contribution in [-0.4, -0.2) is 61.2 Å².